The Kier molecular flexibility index (Phi) is 12.7. The van der Waals surface area contributed by atoms with E-state index >= 15 is 0 Å². The van der Waals surface area contributed by atoms with Crippen molar-refractivity contribution in [2.24, 2.45) is 0 Å². The van der Waals surface area contributed by atoms with Gasteiger partial charge in [0.2, 0.25) is 0 Å². The van der Waals surface area contributed by atoms with Crippen molar-refractivity contribution in [2.45, 2.75) is 77.7 Å². The molecule has 150 valence electrons. The summed E-state index contributed by atoms with van der Waals surface area (Å²) in [5.74, 6) is -0.398. The average molecular weight is 375 g/mol. The monoisotopic (exact) mass is 374 g/mol. The molecule has 27 heavy (non-hydrogen) atoms. The Morgan fingerprint density at radius 3 is 1.96 bits per heavy atom. The van der Waals surface area contributed by atoms with Crippen molar-refractivity contribution < 1.29 is 19.1 Å². The van der Waals surface area contributed by atoms with Gasteiger partial charge in [-0.25, -0.2) is 4.79 Å². The summed E-state index contributed by atoms with van der Waals surface area (Å²) in [6, 6.07) is 9.76. The summed E-state index contributed by atoms with van der Waals surface area (Å²) in [6.45, 7) is 6.08. The number of hydrogen-bond donors (Lipinski definition) is 0. The summed E-state index contributed by atoms with van der Waals surface area (Å²) in [5.41, 5.74) is 1.49. The summed E-state index contributed by atoms with van der Waals surface area (Å²) in [5, 5.41) is 0. The first-order valence-corrected chi connectivity index (χ1v) is 10.1. The lowest BCUT2D eigenvalue weighted by Crippen LogP contribution is -2.05. The van der Waals surface area contributed by atoms with Crippen LogP contribution < -0.4 is 0 Å². The Bertz CT molecular complexity index is 551. The summed E-state index contributed by atoms with van der Waals surface area (Å²) in [6.07, 6.45) is 10.5. The van der Waals surface area contributed by atoms with Gasteiger partial charge in [0.1, 0.15) is 6.61 Å². The summed E-state index contributed by atoms with van der Waals surface area (Å²) in [4.78, 5) is 22.9. The van der Waals surface area contributed by atoms with Crippen molar-refractivity contribution in [3.8, 4) is 0 Å². The van der Waals surface area contributed by atoms with Crippen LogP contribution in [0, 0.1) is 0 Å². The van der Waals surface area contributed by atoms with Crippen molar-refractivity contribution in [1.29, 1.82) is 0 Å². The normalized spacial score (nSPS) is 10.4. The van der Waals surface area contributed by atoms with Gasteiger partial charge in [0.05, 0.1) is 6.61 Å². The molecule has 0 radical (unpaired) electrons. The fourth-order valence-corrected chi connectivity index (χ4v) is 2.71. The quantitative estimate of drug-likeness (QED) is 0.223. The molecule has 0 atom stereocenters. The van der Waals surface area contributed by atoms with Gasteiger partial charge in [0, 0.05) is 12.0 Å². The Morgan fingerprint density at radius 1 is 0.815 bits per heavy atom. The van der Waals surface area contributed by atoms with Crippen molar-refractivity contribution in [2.75, 3.05) is 6.61 Å². The van der Waals surface area contributed by atoms with E-state index in [0.29, 0.717) is 25.2 Å². The number of ether oxygens (including phenoxy) is 2. The number of hydrogen-bond acceptors (Lipinski definition) is 4. The Hall–Kier alpha value is -2.10. The third-order valence-electron chi connectivity index (χ3n) is 4.35. The van der Waals surface area contributed by atoms with Crippen LogP contribution >= 0.6 is 0 Å². The predicted molar refractivity (Wildman–Crippen MR) is 108 cm³/mol. The van der Waals surface area contributed by atoms with E-state index in [1.807, 2.05) is 30.3 Å². The van der Waals surface area contributed by atoms with E-state index in [-0.39, 0.29) is 11.9 Å². The average Bonchev–Trinajstić information content (AvgIpc) is 2.67. The molecular weight excluding hydrogens is 340 g/mol. The van der Waals surface area contributed by atoms with E-state index in [4.69, 9.17) is 9.47 Å². The molecule has 0 bridgehead atoms. The molecule has 0 saturated heterocycles. The molecule has 0 aliphatic carbocycles. The van der Waals surface area contributed by atoms with Crippen LogP contribution in [0.3, 0.4) is 0 Å². The third-order valence-corrected chi connectivity index (χ3v) is 4.35. The van der Waals surface area contributed by atoms with E-state index in [1.54, 1.807) is 6.92 Å². The zero-order chi connectivity index (χ0) is 19.7. The number of rotatable bonds is 15. The minimum Gasteiger partial charge on any atom is -0.462 e. The largest absolute Gasteiger partial charge is 0.462 e. The molecule has 0 saturated carbocycles. The lowest BCUT2D eigenvalue weighted by molar-refractivity contribution is -0.145. The fraction of sp³-hybridized carbons (Fsp3) is 0.565. The molecule has 1 rings (SSSR count). The van der Waals surface area contributed by atoms with Crippen molar-refractivity contribution in [3.05, 3.63) is 48.0 Å². The van der Waals surface area contributed by atoms with E-state index in [2.05, 4.69) is 6.58 Å². The van der Waals surface area contributed by atoms with Crippen LogP contribution in [0.2, 0.25) is 0 Å². The van der Waals surface area contributed by atoms with E-state index in [1.165, 1.54) is 32.1 Å². The first-order valence-electron chi connectivity index (χ1n) is 10.1. The Morgan fingerprint density at radius 2 is 1.37 bits per heavy atom. The topological polar surface area (TPSA) is 52.6 Å². The lowest BCUT2D eigenvalue weighted by Gasteiger charge is -2.05. The standard InChI is InChI=1S/C23H34O4/c1-20(2)23(25)26-18-14-9-7-5-3-4-6-8-13-17-22(24)27-19-21-15-11-10-12-16-21/h10-12,15-16H,1,3-9,13-14,17-19H2,2H3. The second-order valence-corrected chi connectivity index (χ2v) is 6.99. The van der Waals surface area contributed by atoms with Crippen molar-refractivity contribution in [1.82, 2.24) is 0 Å². The first kappa shape index (κ1) is 22.9. The second kappa shape index (κ2) is 15.0. The van der Waals surface area contributed by atoms with Gasteiger partial charge in [-0.2, -0.15) is 0 Å². The van der Waals surface area contributed by atoms with E-state index < -0.39 is 0 Å². The van der Waals surface area contributed by atoms with Crippen LogP contribution in [-0.2, 0) is 25.7 Å². The predicted octanol–water partition coefficient (Wildman–Crippen LogP) is 5.75. The molecule has 0 unspecified atom stereocenters. The van der Waals surface area contributed by atoms with Crippen LogP contribution in [-0.4, -0.2) is 18.5 Å². The second-order valence-electron chi connectivity index (χ2n) is 6.99. The minimum atomic E-state index is -0.293. The van der Waals surface area contributed by atoms with Gasteiger partial charge in [-0.1, -0.05) is 81.9 Å². The molecule has 1 aromatic carbocycles. The molecule has 4 nitrogen and oxygen atoms in total. The van der Waals surface area contributed by atoms with Crippen LogP contribution in [0.5, 0.6) is 0 Å². The number of benzene rings is 1. The molecular formula is C23H34O4. The number of unbranched alkanes of at least 4 members (excludes halogenated alkanes) is 8. The van der Waals surface area contributed by atoms with Crippen LogP contribution in [0.25, 0.3) is 0 Å². The molecule has 4 heteroatoms. The van der Waals surface area contributed by atoms with Crippen LogP contribution in [0.1, 0.15) is 76.7 Å². The highest BCUT2D eigenvalue weighted by molar-refractivity contribution is 5.86. The molecule has 0 amide bonds. The fourth-order valence-electron chi connectivity index (χ4n) is 2.71. The van der Waals surface area contributed by atoms with Gasteiger partial charge in [-0.05, 0) is 25.3 Å². The zero-order valence-corrected chi connectivity index (χ0v) is 16.7. The van der Waals surface area contributed by atoms with Gasteiger partial charge < -0.3 is 9.47 Å². The molecule has 0 heterocycles. The van der Waals surface area contributed by atoms with Crippen molar-refractivity contribution in [3.63, 3.8) is 0 Å². The summed E-state index contributed by atoms with van der Waals surface area (Å²) in [7, 11) is 0. The van der Waals surface area contributed by atoms with Crippen LogP contribution in [0.4, 0.5) is 0 Å². The maximum atomic E-state index is 11.7. The highest BCUT2D eigenvalue weighted by atomic mass is 16.5. The summed E-state index contributed by atoms with van der Waals surface area (Å²) >= 11 is 0. The molecule has 0 spiro atoms. The third kappa shape index (κ3) is 12.8. The van der Waals surface area contributed by atoms with Crippen LogP contribution in [0.15, 0.2) is 42.5 Å². The number of carbonyl (C=O) groups excluding carboxylic acids is 2. The minimum absolute atomic E-state index is 0.105. The lowest BCUT2D eigenvalue weighted by atomic mass is 10.1. The Balaban J connectivity index is 1.83. The number of esters is 2. The van der Waals surface area contributed by atoms with E-state index in [9.17, 15) is 9.59 Å². The molecule has 0 aliphatic heterocycles. The molecule has 0 fully saturated rings. The van der Waals surface area contributed by atoms with Gasteiger partial charge in [-0.15, -0.1) is 0 Å². The van der Waals surface area contributed by atoms with Gasteiger partial charge >= 0.3 is 11.9 Å². The van der Waals surface area contributed by atoms with E-state index in [0.717, 1.165) is 31.2 Å². The maximum Gasteiger partial charge on any atom is 0.333 e. The SMILES string of the molecule is C=C(C)C(=O)OCCCCCCCCCCCC(=O)OCc1ccccc1. The smallest absolute Gasteiger partial charge is 0.333 e. The molecule has 1 aromatic rings. The Labute approximate surface area is 163 Å². The first-order chi connectivity index (χ1) is 13.1. The molecule has 0 N–H and O–H groups in total. The molecule has 0 aliphatic rings. The zero-order valence-electron chi connectivity index (χ0n) is 16.7. The van der Waals surface area contributed by atoms with Gasteiger partial charge in [0.25, 0.3) is 0 Å². The highest BCUT2D eigenvalue weighted by Gasteiger charge is 2.03. The van der Waals surface area contributed by atoms with Crippen molar-refractivity contribution >= 4 is 11.9 Å². The van der Waals surface area contributed by atoms with Gasteiger partial charge in [-0.3, -0.25) is 4.79 Å². The van der Waals surface area contributed by atoms with Gasteiger partial charge in [0.15, 0.2) is 0 Å². The molecule has 0 aromatic heterocycles. The summed E-state index contributed by atoms with van der Waals surface area (Å²) < 4.78 is 10.3. The highest BCUT2D eigenvalue weighted by Crippen LogP contribution is 2.11. The maximum absolute atomic E-state index is 11.7. The number of carbonyl (C=O) groups is 2.